The van der Waals surface area contributed by atoms with Crippen molar-refractivity contribution >= 4 is 42.2 Å². The molecule has 6 heteroatoms. The first-order chi connectivity index (χ1) is 18.8. The van der Waals surface area contributed by atoms with E-state index < -0.39 is 17.9 Å². The first kappa shape index (κ1) is 28.3. The van der Waals surface area contributed by atoms with Crippen molar-refractivity contribution in [1.29, 1.82) is 0 Å². The highest BCUT2D eigenvalue weighted by molar-refractivity contribution is 5.90. The van der Waals surface area contributed by atoms with E-state index in [1.807, 2.05) is 48.6 Å². The van der Waals surface area contributed by atoms with Gasteiger partial charge in [0, 0.05) is 23.3 Å². The van der Waals surface area contributed by atoms with E-state index >= 15 is 0 Å². The van der Waals surface area contributed by atoms with Gasteiger partial charge < -0.3 is 14.2 Å². The lowest BCUT2D eigenvalue weighted by atomic mass is 10.1. The molecule has 0 bridgehead atoms. The number of hydrogen-bond acceptors (Lipinski definition) is 6. The van der Waals surface area contributed by atoms with Gasteiger partial charge in [-0.05, 0) is 60.9 Å². The summed E-state index contributed by atoms with van der Waals surface area (Å²) < 4.78 is 15.9. The summed E-state index contributed by atoms with van der Waals surface area (Å²) in [7, 11) is 0. The van der Waals surface area contributed by atoms with Gasteiger partial charge in [-0.25, -0.2) is 14.4 Å². The first-order valence-electron chi connectivity index (χ1n) is 12.0. The lowest BCUT2D eigenvalue weighted by Crippen LogP contribution is -2.09. The van der Waals surface area contributed by atoms with Gasteiger partial charge in [-0.3, -0.25) is 0 Å². The molecule has 0 saturated carbocycles. The molecule has 0 atom stereocenters. The first-order valence-corrected chi connectivity index (χ1v) is 12.0. The Hall–Kier alpha value is -5.23. The van der Waals surface area contributed by atoms with E-state index in [1.54, 1.807) is 62.4 Å². The fourth-order valence-corrected chi connectivity index (χ4v) is 3.17. The Balaban J connectivity index is 1.82. The second kappa shape index (κ2) is 13.9. The van der Waals surface area contributed by atoms with E-state index in [2.05, 4.69) is 13.2 Å². The molecule has 0 aliphatic heterocycles. The highest BCUT2D eigenvalue weighted by Crippen LogP contribution is 2.26. The highest BCUT2D eigenvalue weighted by Gasteiger charge is 2.10. The van der Waals surface area contributed by atoms with Gasteiger partial charge in [0.05, 0.1) is 0 Å². The molecule has 196 valence electrons. The molecule has 0 aliphatic carbocycles. The number of benzene rings is 3. The summed E-state index contributed by atoms with van der Waals surface area (Å²) in [5, 5.41) is 0. The summed E-state index contributed by atoms with van der Waals surface area (Å²) in [6, 6.07) is 19.6. The average molecular weight is 521 g/mol. The number of esters is 3. The van der Waals surface area contributed by atoms with Crippen LogP contribution in [-0.4, -0.2) is 17.9 Å². The van der Waals surface area contributed by atoms with E-state index in [-0.39, 0.29) is 0 Å². The van der Waals surface area contributed by atoms with E-state index in [0.717, 1.165) is 28.8 Å². The number of hydrogen-bond donors (Lipinski definition) is 0. The summed E-state index contributed by atoms with van der Waals surface area (Å²) in [5.41, 5.74) is 3.78. The predicted molar refractivity (Wildman–Crippen MR) is 154 cm³/mol. The molecule has 0 heterocycles. The van der Waals surface area contributed by atoms with Gasteiger partial charge in [-0.15, -0.1) is 0 Å². The smallest absolute Gasteiger partial charge is 0.338 e. The van der Waals surface area contributed by atoms with Gasteiger partial charge in [0.2, 0.25) is 0 Å². The Morgan fingerprint density at radius 3 is 1.59 bits per heavy atom. The van der Waals surface area contributed by atoms with Gasteiger partial charge in [0.1, 0.15) is 17.2 Å². The van der Waals surface area contributed by atoms with Crippen LogP contribution in [0.15, 0.2) is 104 Å². The molecule has 0 fully saturated rings. The van der Waals surface area contributed by atoms with Gasteiger partial charge in [0.25, 0.3) is 0 Å². The molecule has 3 aromatic rings. The number of allylic oxidation sites excluding steroid dienone is 1. The Morgan fingerprint density at radius 1 is 0.641 bits per heavy atom. The number of rotatable bonds is 10. The van der Waals surface area contributed by atoms with Crippen LogP contribution in [0.3, 0.4) is 0 Å². The summed E-state index contributed by atoms with van der Waals surface area (Å²) in [5.74, 6) is -0.240. The topological polar surface area (TPSA) is 78.9 Å². The van der Waals surface area contributed by atoms with Crippen LogP contribution in [0.1, 0.15) is 36.1 Å². The largest absolute Gasteiger partial charge is 0.423 e. The molecule has 0 amide bonds. The normalized spacial score (nSPS) is 11.3. The molecule has 0 aliphatic rings. The molecule has 0 saturated heterocycles. The van der Waals surface area contributed by atoms with E-state index in [4.69, 9.17) is 14.2 Å². The van der Waals surface area contributed by atoms with Crippen LogP contribution in [0.5, 0.6) is 17.2 Å². The molecule has 3 rings (SSSR count). The molecule has 0 spiro atoms. The van der Waals surface area contributed by atoms with Gasteiger partial charge in [-0.2, -0.15) is 0 Å². The summed E-state index contributed by atoms with van der Waals surface area (Å²) >= 11 is 0. The van der Waals surface area contributed by atoms with Crippen LogP contribution in [-0.2, 0) is 14.4 Å². The molecular weight excluding hydrogens is 492 g/mol. The quantitative estimate of drug-likeness (QED) is 0.123. The summed E-state index contributed by atoms with van der Waals surface area (Å²) in [4.78, 5) is 35.2. The van der Waals surface area contributed by atoms with Crippen molar-refractivity contribution in [1.82, 2.24) is 0 Å². The Labute approximate surface area is 227 Å². The van der Waals surface area contributed by atoms with Crippen LogP contribution in [0.25, 0.3) is 24.3 Å². The predicted octanol–water partition coefficient (Wildman–Crippen LogP) is 7.08. The standard InChI is InChI=1S/C33H28O6/c1-5-23(4)33(36)39-30-22-26(9-8-24-12-18-28(19-13-24)37-31(34)6-2)11-17-27(30)16-10-25-14-20-29(21-15-25)38-32(35)7-3/h5-22H,2-3H2,1,4H3/b9-8+,16-10+,23-5+. The lowest BCUT2D eigenvalue weighted by Gasteiger charge is -2.09. The SMILES string of the molecule is C=CC(=O)Oc1ccc(/C=C/c2ccc(/C=C/c3ccc(OC(=O)C=C)cc3)c(OC(=O)/C(C)=C/C)c2)cc1. The zero-order chi connectivity index (χ0) is 28.2. The molecule has 0 unspecified atom stereocenters. The van der Waals surface area contributed by atoms with Gasteiger partial charge >= 0.3 is 17.9 Å². The lowest BCUT2D eigenvalue weighted by molar-refractivity contribution is -0.130. The monoisotopic (exact) mass is 520 g/mol. The Morgan fingerprint density at radius 2 is 1.10 bits per heavy atom. The van der Waals surface area contributed by atoms with Crippen molar-refractivity contribution < 1.29 is 28.6 Å². The Bertz CT molecular complexity index is 1460. The third-order valence-corrected chi connectivity index (χ3v) is 5.45. The van der Waals surface area contributed by atoms with Crippen molar-refractivity contribution in [2.24, 2.45) is 0 Å². The maximum absolute atomic E-state index is 12.5. The van der Waals surface area contributed by atoms with Crippen LogP contribution < -0.4 is 14.2 Å². The van der Waals surface area contributed by atoms with E-state index in [9.17, 15) is 14.4 Å². The maximum Gasteiger partial charge on any atom is 0.338 e. The average Bonchev–Trinajstić information content (AvgIpc) is 2.96. The van der Waals surface area contributed by atoms with Gasteiger partial charge in [-0.1, -0.05) is 79.9 Å². The van der Waals surface area contributed by atoms with Crippen molar-refractivity contribution in [2.75, 3.05) is 0 Å². The van der Waals surface area contributed by atoms with E-state index in [1.165, 1.54) is 0 Å². The molecule has 0 radical (unpaired) electrons. The van der Waals surface area contributed by atoms with Crippen molar-refractivity contribution in [2.45, 2.75) is 13.8 Å². The van der Waals surface area contributed by atoms with Gasteiger partial charge in [0.15, 0.2) is 0 Å². The molecule has 0 N–H and O–H groups in total. The van der Waals surface area contributed by atoms with Crippen molar-refractivity contribution in [3.8, 4) is 17.2 Å². The van der Waals surface area contributed by atoms with E-state index in [0.29, 0.717) is 28.4 Å². The molecule has 6 nitrogen and oxygen atoms in total. The zero-order valence-corrected chi connectivity index (χ0v) is 21.8. The number of ether oxygens (including phenoxy) is 3. The second-order valence-corrected chi connectivity index (χ2v) is 8.21. The summed E-state index contributed by atoms with van der Waals surface area (Å²) in [6.45, 7) is 10.2. The fourth-order valence-electron chi connectivity index (χ4n) is 3.17. The third-order valence-electron chi connectivity index (χ3n) is 5.45. The minimum absolute atomic E-state index is 0.405. The zero-order valence-electron chi connectivity index (χ0n) is 21.8. The number of carbonyl (C=O) groups is 3. The maximum atomic E-state index is 12.5. The van der Waals surface area contributed by atoms with Crippen molar-refractivity contribution in [3.63, 3.8) is 0 Å². The minimum Gasteiger partial charge on any atom is -0.423 e. The molecular formula is C33H28O6. The molecule has 39 heavy (non-hydrogen) atoms. The van der Waals surface area contributed by atoms with Crippen LogP contribution in [0.4, 0.5) is 0 Å². The van der Waals surface area contributed by atoms with Crippen LogP contribution in [0, 0.1) is 0 Å². The Kier molecular flexibility index (Phi) is 10.1. The minimum atomic E-state index is -0.527. The highest BCUT2D eigenvalue weighted by atomic mass is 16.5. The fraction of sp³-hybridized carbons (Fsp3) is 0.0606. The second-order valence-electron chi connectivity index (χ2n) is 8.21. The number of carbonyl (C=O) groups excluding carboxylic acids is 3. The molecule has 3 aromatic carbocycles. The van der Waals surface area contributed by atoms with Crippen LogP contribution in [0.2, 0.25) is 0 Å². The summed E-state index contributed by atoms with van der Waals surface area (Å²) in [6.07, 6.45) is 11.4. The third kappa shape index (κ3) is 8.68. The molecule has 0 aromatic heterocycles. The van der Waals surface area contributed by atoms with Crippen LogP contribution >= 0.6 is 0 Å². The van der Waals surface area contributed by atoms with Crippen molar-refractivity contribution in [3.05, 3.63) is 126 Å².